The highest BCUT2D eigenvalue weighted by Crippen LogP contribution is 2.22. The second-order valence-electron chi connectivity index (χ2n) is 4.38. The number of nitrogens with one attached hydrogen (secondary N) is 2. The van der Waals surface area contributed by atoms with E-state index in [0.29, 0.717) is 12.4 Å². The van der Waals surface area contributed by atoms with Crippen LogP contribution >= 0.6 is 0 Å². The Morgan fingerprint density at radius 2 is 2.41 bits per heavy atom. The lowest BCUT2D eigenvalue weighted by Gasteiger charge is -2.07. The van der Waals surface area contributed by atoms with Crippen molar-refractivity contribution in [3.05, 3.63) is 5.89 Å². The van der Waals surface area contributed by atoms with Gasteiger partial charge in [-0.15, -0.1) is 5.10 Å². The fourth-order valence-corrected chi connectivity index (χ4v) is 1.77. The Bertz CT molecular complexity index is 384. The number of aromatic nitrogens is 2. The zero-order valence-electron chi connectivity index (χ0n) is 10.1. The van der Waals surface area contributed by atoms with Crippen molar-refractivity contribution >= 4 is 11.9 Å². The van der Waals surface area contributed by atoms with Gasteiger partial charge in [-0.1, -0.05) is 5.10 Å². The molecule has 7 heteroatoms. The fraction of sp³-hybridized carbons (Fsp3) is 0.700. The summed E-state index contributed by atoms with van der Waals surface area (Å²) in [7, 11) is 3.64. The summed E-state index contributed by atoms with van der Waals surface area (Å²) in [5, 5.41) is 13.5. The Balaban J connectivity index is 1.91. The van der Waals surface area contributed by atoms with Crippen LogP contribution in [0.25, 0.3) is 0 Å². The molecule has 1 unspecified atom stereocenters. The van der Waals surface area contributed by atoms with Crippen LogP contribution in [0.4, 0.5) is 6.01 Å². The van der Waals surface area contributed by atoms with Gasteiger partial charge in [0.25, 0.3) is 0 Å². The number of amides is 1. The van der Waals surface area contributed by atoms with Crippen molar-refractivity contribution in [2.45, 2.75) is 18.9 Å². The molecule has 1 fully saturated rings. The van der Waals surface area contributed by atoms with Crippen molar-refractivity contribution in [3.8, 4) is 0 Å². The van der Waals surface area contributed by atoms with Crippen molar-refractivity contribution in [1.29, 1.82) is 0 Å². The van der Waals surface area contributed by atoms with E-state index in [4.69, 9.17) is 4.42 Å². The van der Waals surface area contributed by atoms with Gasteiger partial charge in [0, 0.05) is 0 Å². The highest BCUT2D eigenvalue weighted by atomic mass is 16.4. The van der Waals surface area contributed by atoms with Crippen LogP contribution in [0.2, 0.25) is 0 Å². The molecule has 7 nitrogen and oxygen atoms in total. The normalized spacial score (nSPS) is 19.8. The molecule has 0 bridgehead atoms. The number of likely N-dealkylation sites (N-methyl/N-ethyl adjacent to an activating group) is 1. The summed E-state index contributed by atoms with van der Waals surface area (Å²) in [6.45, 7) is 1.26. The minimum atomic E-state index is -0.162. The molecule has 0 radical (unpaired) electrons. The van der Waals surface area contributed by atoms with Crippen LogP contribution in [0.15, 0.2) is 4.42 Å². The molecule has 2 heterocycles. The van der Waals surface area contributed by atoms with Gasteiger partial charge in [0.1, 0.15) is 0 Å². The van der Waals surface area contributed by atoms with E-state index in [1.807, 2.05) is 14.1 Å². The molecule has 1 aromatic rings. The Morgan fingerprint density at radius 3 is 3.06 bits per heavy atom. The first-order chi connectivity index (χ1) is 8.15. The average molecular weight is 239 g/mol. The van der Waals surface area contributed by atoms with Gasteiger partial charge < -0.3 is 14.6 Å². The summed E-state index contributed by atoms with van der Waals surface area (Å²) in [6.07, 6.45) is 2.10. The monoisotopic (exact) mass is 239 g/mol. The molecule has 1 aliphatic rings. The molecule has 1 saturated heterocycles. The molecule has 1 amide bonds. The van der Waals surface area contributed by atoms with Gasteiger partial charge in [0.15, 0.2) is 0 Å². The Labute approximate surface area is 99.6 Å². The lowest BCUT2D eigenvalue weighted by atomic mass is 10.2. The van der Waals surface area contributed by atoms with E-state index < -0.39 is 0 Å². The molecule has 0 aliphatic carbocycles. The third kappa shape index (κ3) is 3.24. The second kappa shape index (κ2) is 5.24. The first-order valence-corrected chi connectivity index (χ1v) is 5.66. The van der Waals surface area contributed by atoms with Crippen LogP contribution < -0.4 is 10.6 Å². The van der Waals surface area contributed by atoms with Crippen LogP contribution in [0.5, 0.6) is 0 Å². The molecule has 1 aliphatic heterocycles. The van der Waals surface area contributed by atoms with E-state index in [0.717, 1.165) is 19.4 Å². The van der Waals surface area contributed by atoms with Gasteiger partial charge in [-0.3, -0.25) is 10.1 Å². The first-order valence-electron chi connectivity index (χ1n) is 5.66. The number of nitrogens with zero attached hydrogens (tertiary/aromatic N) is 3. The highest BCUT2D eigenvalue weighted by Gasteiger charge is 2.22. The van der Waals surface area contributed by atoms with Gasteiger partial charge in [0.05, 0.1) is 12.6 Å². The quantitative estimate of drug-likeness (QED) is 0.769. The summed E-state index contributed by atoms with van der Waals surface area (Å²) in [4.78, 5) is 13.2. The predicted molar refractivity (Wildman–Crippen MR) is 61.5 cm³/mol. The molecule has 1 atom stereocenters. The summed E-state index contributed by atoms with van der Waals surface area (Å²) >= 11 is 0. The maximum atomic E-state index is 11.5. The van der Waals surface area contributed by atoms with Gasteiger partial charge in [0.2, 0.25) is 11.8 Å². The maximum Gasteiger partial charge on any atom is 0.322 e. The number of carbonyl (C=O) groups is 1. The van der Waals surface area contributed by atoms with Crippen molar-refractivity contribution in [2.75, 3.05) is 32.5 Å². The van der Waals surface area contributed by atoms with E-state index in [-0.39, 0.29) is 18.0 Å². The van der Waals surface area contributed by atoms with Crippen molar-refractivity contribution < 1.29 is 9.21 Å². The summed E-state index contributed by atoms with van der Waals surface area (Å²) in [5.74, 6) is 0.382. The lowest BCUT2D eigenvalue weighted by molar-refractivity contribution is -0.116. The third-order valence-corrected chi connectivity index (χ3v) is 2.51. The predicted octanol–water partition coefficient (Wildman–Crippen LogP) is -0.00580. The van der Waals surface area contributed by atoms with Gasteiger partial charge in [-0.25, -0.2) is 0 Å². The molecule has 2 N–H and O–H groups in total. The molecular weight excluding hydrogens is 222 g/mol. The summed E-state index contributed by atoms with van der Waals surface area (Å²) < 4.78 is 5.38. The molecular formula is C10H17N5O2. The number of hydrogen-bond donors (Lipinski definition) is 2. The molecule has 0 aromatic carbocycles. The van der Waals surface area contributed by atoms with Crippen molar-refractivity contribution in [1.82, 2.24) is 20.4 Å². The SMILES string of the molecule is CN(C)CC(=O)Nc1nnc(C2CCCN2)o1. The molecule has 2 rings (SSSR count). The molecule has 0 saturated carbocycles. The number of carbonyl (C=O) groups excluding carboxylic acids is 1. The van der Waals surface area contributed by atoms with Crippen LogP contribution in [-0.2, 0) is 4.79 Å². The second-order valence-corrected chi connectivity index (χ2v) is 4.38. The lowest BCUT2D eigenvalue weighted by Crippen LogP contribution is -2.27. The number of rotatable bonds is 4. The summed E-state index contributed by atoms with van der Waals surface area (Å²) in [6, 6.07) is 0.294. The third-order valence-electron chi connectivity index (χ3n) is 2.51. The smallest absolute Gasteiger partial charge is 0.322 e. The highest BCUT2D eigenvalue weighted by molar-refractivity contribution is 5.90. The maximum absolute atomic E-state index is 11.5. The molecule has 1 aromatic heterocycles. The van der Waals surface area contributed by atoms with E-state index in [9.17, 15) is 4.79 Å². The molecule has 94 valence electrons. The Kier molecular flexibility index (Phi) is 3.70. The summed E-state index contributed by atoms with van der Waals surface area (Å²) in [5.41, 5.74) is 0. The van der Waals surface area contributed by atoms with Crippen LogP contribution in [0.3, 0.4) is 0 Å². The molecule has 0 spiro atoms. The van der Waals surface area contributed by atoms with E-state index in [1.165, 1.54) is 0 Å². The minimum Gasteiger partial charge on any atom is -0.406 e. The van der Waals surface area contributed by atoms with Gasteiger partial charge in [-0.2, -0.15) is 0 Å². The largest absolute Gasteiger partial charge is 0.406 e. The zero-order chi connectivity index (χ0) is 12.3. The van der Waals surface area contributed by atoms with Gasteiger partial charge in [-0.05, 0) is 33.5 Å². The van der Waals surface area contributed by atoms with Gasteiger partial charge >= 0.3 is 6.01 Å². The van der Waals surface area contributed by atoms with E-state index in [1.54, 1.807) is 4.90 Å². The van der Waals surface area contributed by atoms with Crippen molar-refractivity contribution in [2.24, 2.45) is 0 Å². The topological polar surface area (TPSA) is 83.3 Å². The fourth-order valence-electron chi connectivity index (χ4n) is 1.77. The van der Waals surface area contributed by atoms with E-state index >= 15 is 0 Å². The standard InChI is InChI=1S/C10H17N5O2/c1-15(2)6-8(16)12-10-14-13-9(17-10)7-4-3-5-11-7/h7,11H,3-6H2,1-2H3,(H,12,14,16). The van der Waals surface area contributed by atoms with E-state index in [2.05, 4.69) is 20.8 Å². The molecule has 17 heavy (non-hydrogen) atoms. The van der Waals surface area contributed by atoms with Crippen molar-refractivity contribution in [3.63, 3.8) is 0 Å². The first kappa shape index (κ1) is 12.0. The number of hydrogen-bond acceptors (Lipinski definition) is 6. The minimum absolute atomic E-state index is 0.127. The zero-order valence-corrected chi connectivity index (χ0v) is 10.1. The van der Waals surface area contributed by atoms with Crippen LogP contribution in [0.1, 0.15) is 24.8 Å². The van der Waals surface area contributed by atoms with Crippen LogP contribution in [0, 0.1) is 0 Å². The van der Waals surface area contributed by atoms with Crippen LogP contribution in [-0.4, -0.2) is 48.2 Å². The Morgan fingerprint density at radius 1 is 1.59 bits per heavy atom. The average Bonchev–Trinajstić information content (AvgIpc) is 2.84. The number of anilines is 1. The Hall–Kier alpha value is -1.47.